The molecule has 4 atom stereocenters. The Morgan fingerprint density at radius 2 is 1.13 bits per heavy atom. The van der Waals surface area contributed by atoms with Gasteiger partial charge in [-0.2, -0.15) is 0 Å². The van der Waals surface area contributed by atoms with Gasteiger partial charge in [0, 0.05) is 40.6 Å². The lowest BCUT2D eigenvalue weighted by Crippen LogP contribution is -2.37. The molecule has 2 fully saturated rings. The number of thioether (sulfide) groups is 1. The first kappa shape index (κ1) is 65.6. The molecule has 7 aliphatic rings. The molecule has 0 N–H and O–H groups in total. The number of fused-ring (bicyclic) bond motifs is 6. The van der Waals surface area contributed by atoms with Gasteiger partial charge in [0.2, 0.25) is 0 Å². The van der Waals surface area contributed by atoms with Gasteiger partial charge in [0.25, 0.3) is 0 Å². The fourth-order valence-electron chi connectivity index (χ4n) is 16.6. The Hall–Kier alpha value is -7.38. The van der Waals surface area contributed by atoms with Gasteiger partial charge < -0.3 is 19.3 Å². The minimum atomic E-state index is -0.0980. The number of allylic oxidation sites excluding steroid dienone is 8. The Bertz CT molecular complexity index is 4540. The summed E-state index contributed by atoms with van der Waals surface area (Å²) < 4.78 is 14.7. The van der Waals surface area contributed by atoms with Crippen LogP contribution in [-0.4, -0.2) is 17.4 Å². The van der Waals surface area contributed by atoms with Crippen LogP contribution in [0, 0.1) is 22.7 Å². The largest absolute Gasteiger partial charge is 0.483 e. The van der Waals surface area contributed by atoms with Crippen molar-refractivity contribution in [3.8, 4) is 28.4 Å². The number of para-hydroxylation sites is 1. The van der Waals surface area contributed by atoms with Crippen LogP contribution < -0.4 is 19.3 Å². The summed E-state index contributed by atoms with van der Waals surface area (Å²) in [5.74, 6) is 4.37. The van der Waals surface area contributed by atoms with Gasteiger partial charge in [-0.3, -0.25) is 0 Å². The molecule has 5 aliphatic carbocycles. The minimum absolute atomic E-state index is 0.0182. The van der Waals surface area contributed by atoms with E-state index in [1.165, 1.54) is 151 Å². The summed E-state index contributed by atoms with van der Waals surface area (Å²) in [6.07, 6.45) is 33.9. The highest BCUT2D eigenvalue weighted by Gasteiger charge is 2.39. The van der Waals surface area contributed by atoms with Crippen molar-refractivity contribution < 1.29 is 9.47 Å². The second-order valence-electron chi connectivity index (χ2n) is 33.3. The predicted octanol–water partition coefficient (Wildman–Crippen LogP) is 27.2. The molecule has 0 radical (unpaired) electrons. The standard InChI is InChI=1S/C91H100N2O2S2/c1-57-27-23-24-34-71(57)85-75-44-40-65(92(69-49-61(88(2,3)4)47-62(50-69)89(5,6)7)67-41-45-80-78(55-67)94-86-72(35-25-37-82(86)96-80)58-28-17-14-18-29-58)53-76(75)84(60-32-21-16-22-33-60)74-43-39-66(54-77(74)85)93(70-51-63(90(8,9)10)48-64(52-70)91(11,12)13)68-42-46-81-79(56-68)95-87-73(36-26-38-83(87)97-81)59-30-19-15-20-31-59/h16,21-26,32-49,51-59,69,83,87H,14-15,17-20,27-31,50H2,1-13H3. The van der Waals surface area contributed by atoms with Gasteiger partial charge in [-0.25, -0.2) is 0 Å². The van der Waals surface area contributed by atoms with Gasteiger partial charge in [-0.1, -0.05) is 255 Å². The maximum absolute atomic E-state index is 7.41. The van der Waals surface area contributed by atoms with Crippen molar-refractivity contribution in [1.29, 1.82) is 0 Å². The molecular weight excluding hydrogens is 1220 g/mol. The number of hydrogen-bond donors (Lipinski definition) is 0. The monoisotopic (exact) mass is 1320 g/mol. The van der Waals surface area contributed by atoms with E-state index in [2.05, 4.69) is 288 Å². The Balaban J connectivity index is 0.947. The van der Waals surface area contributed by atoms with Gasteiger partial charge in [0.15, 0.2) is 0 Å². The molecule has 0 saturated heterocycles. The van der Waals surface area contributed by atoms with Gasteiger partial charge in [0.1, 0.15) is 23.4 Å². The third kappa shape index (κ3) is 12.8. The van der Waals surface area contributed by atoms with Crippen molar-refractivity contribution in [3.05, 3.63) is 227 Å². The fraction of sp³-hybridized carbons (Fsp3) is 0.385. The van der Waals surface area contributed by atoms with E-state index in [0.717, 1.165) is 63.4 Å². The molecular formula is C91H100N2O2S2. The van der Waals surface area contributed by atoms with Gasteiger partial charge >= 0.3 is 0 Å². The Kier molecular flexibility index (Phi) is 17.4. The number of hydrogen-bond acceptors (Lipinski definition) is 6. The number of ether oxygens (including phenoxy) is 2. The predicted molar refractivity (Wildman–Crippen MR) is 416 cm³/mol. The van der Waals surface area contributed by atoms with E-state index < -0.39 is 0 Å². The van der Waals surface area contributed by atoms with Gasteiger partial charge in [-0.15, -0.1) is 11.8 Å². The zero-order valence-corrected chi connectivity index (χ0v) is 61.5. The number of benzene rings is 8. The van der Waals surface area contributed by atoms with Crippen LogP contribution in [-0.2, 0) is 10.8 Å². The third-order valence-electron chi connectivity index (χ3n) is 22.3. The van der Waals surface area contributed by atoms with E-state index in [1.807, 2.05) is 23.5 Å². The summed E-state index contributed by atoms with van der Waals surface area (Å²) in [6, 6.07) is 54.6. The van der Waals surface area contributed by atoms with E-state index >= 15 is 0 Å². The maximum Gasteiger partial charge on any atom is 0.144 e. The fourth-order valence-corrected chi connectivity index (χ4v) is 18.8. The van der Waals surface area contributed by atoms with Crippen molar-refractivity contribution >= 4 is 79.1 Å². The average molecular weight is 1320 g/mol. The molecule has 0 aromatic heterocycles. The van der Waals surface area contributed by atoms with E-state index in [9.17, 15) is 0 Å². The molecule has 8 aromatic rings. The van der Waals surface area contributed by atoms with Crippen molar-refractivity contribution in [2.75, 3.05) is 9.80 Å². The van der Waals surface area contributed by atoms with E-state index in [4.69, 9.17) is 9.47 Å². The summed E-state index contributed by atoms with van der Waals surface area (Å²) in [5.41, 5.74) is 18.8. The van der Waals surface area contributed by atoms with Crippen LogP contribution in [0.4, 0.5) is 28.4 Å². The summed E-state index contributed by atoms with van der Waals surface area (Å²) >= 11 is 3.84. The third-order valence-corrected chi connectivity index (χ3v) is 24.7. The highest BCUT2D eigenvalue weighted by atomic mass is 32.2. The molecule has 2 saturated carbocycles. The Morgan fingerprint density at radius 3 is 1.84 bits per heavy atom. The second kappa shape index (κ2) is 25.7. The van der Waals surface area contributed by atoms with Crippen LogP contribution in [0.25, 0.3) is 38.2 Å². The number of rotatable bonds is 10. The van der Waals surface area contributed by atoms with Crippen LogP contribution in [0.5, 0.6) is 17.2 Å². The van der Waals surface area contributed by atoms with Crippen LogP contribution in [0.3, 0.4) is 0 Å². The van der Waals surface area contributed by atoms with Crippen molar-refractivity contribution in [1.82, 2.24) is 0 Å². The molecule has 6 heteroatoms. The first-order valence-corrected chi connectivity index (χ1v) is 38.3. The highest BCUT2D eigenvalue weighted by Crippen LogP contribution is 2.56. The maximum atomic E-state index is 7.41. The van der Waals surface area contributed by atoms with Crippen molar-refractivity contribution in [2.24, 2.45) is 22.7 Å². The Labute approximate surface area is 588 Å². The van der Waals surface area contributed by atoms with E-state index in [-0.39, 0.29) is 45.0 Å². The van der Waals surface area contributed by atoms with Gasteiger partial charge in [0.05, 0.1) is 26.0 Å². The highest BCUT2D eigenvalue weighted by molar-refractivity contribution is 8.00. The minimum Gasteiger partial charge on any atom is -0.483 e. The summed E-state index contributed by atoms with van der Waals surface area (Å²) in [7, 11) is 0. The molecule has 498 valence electrons. The van der Waals surface area contributed by atoms with Crippen LogP contribution in [0.15, 0.2) is 220 Å². The molecule has 0 bridgehead atoms. The lowest BCUT2D eigenvalue weighted by atomic mass is 9.73. The number of nitrogens with zero attached hydrogens (tertiary/aromatic N) is 2. The van der Waals surface area contributed by atoms with Crippen LogP contribution in [0.2, 0.25) is 0 Å². The summed E-state index contributed by atoms with van der Waals surface area (Å²) in [4.78, 5) is 8.81. The zero-order valence-electron chi connectivity index (χ0n) is 59.9. The molecule has 97 heavy (non-hydrogen) atoms. The molecule has 0 amide bonds. The normalized spacial score (nSPS) is 20.7. The smallest absolute Gasteiger partial charge is 0.144 e. The molecule has 4 nitrogen and oxygen atoms in total. The molecule has 15 rings (SSSR count). The quantitative estimate of drug-likeness (QED) is 0.127. The molecule has 2 aliphatic heterocycles. The second-order valence-corrected chi connectivity index (χ2v) is 35.6. The first-order chi connectivity index (χ1) is 46.5. The SMILES string of the molecule is CC1CC=CC=C1c1c2cc(N(c3cc(C(C)(C)C)cc(C(C)(C)C)c3)c3ccc4c(c3)OC3C(C5CCCCC5)=CC=CC3S4)ccc2c(-c2ccccc2)c2cc(N(c3ccc4c(c3)Oc3c(cccc3C3CCCCC3)S4)C3C=C(C(C)(C)C)C=C(C(C)(C)C)C3)ccc12. The zero-order chi connectivity index (χ0) is 67.3. The topological polar surface area (TPSA) is 24.9 Å². The van der Waals surface area contributed by atoms with Crippen molar-refractivity contribution in [2.45, 2.75) is 216 Å². The first-order valence-electron chi connectivity index (χ1n) is 36.6. The lowest BCUT2D eigenvalue weighted by molar-refractivity contribution is 0.208. The molecule has 8 aromatic carbocycles. The van der Waals surface area contributed by atoms with Crippen LogP contribution >= 0.6 is 23.5 Å². The van der Waals surface area contributed by atoms with Gasteiger partial charge in [-0.05, 0) is 216 Å². The van der Waals surface area contributed by atoms with Crippen LogP contribution in [0.1, 0.15) is 195 Å². The summed E-state index contributed by atoms with van der Waals surface area (Å²) in [6.45, 7) is 30.9. The number of anilines is 5. The summed E-state index contributed by atoms with van der Waals surface area (Å²) in [5, 5.41) is 5.25. The van der Waals surface area contributed by atoms with E-state index in [0.29, 0.717) is 11.8 Å². The van der Waals surface area contributed by atoms with Crippen molar-refractivity contribution in [3.63, 3.8) is 0 Å². The Morgan fingerprint density at radius 1 is 0.505 bits per heavy atom. The lowest BCUT2D eigenvalue weighted by Gasteiger charge is -2.40. The average Bonchev–Trinajstić information content (AvgIpc) is 0.724. The van der Waals surface area contributed by atoms with E-state index in [1.54, 1.807) is 0 Å². The molecule has 2 heterocycles. The molecule has 0 spiro atoms. The molecule has 4 unspecified atom stereocenters.